The summed E-state index contributed by atoms with van der Waals surface area (Å²) in [5, 5.41) is 0. The zero-order valence-corrected chi connectivity index (χ0v) is 11.9. The molecule has 0 heterocycles. The quantitative estimate of drug-likeness (QED) is 0.920. The van der Waals surface area contributed by atoms with E-state index in [-0.39, 0.29) is 17.8 Å². The van der Waals surface area contributed by atoms with Gasteiger partial charge in [0.05, 0.1) is 0 Å². The second-order valence-corrected chi connectivity index (χ2v) is 5.58. The smallest absolute Gasteiger partial charge is 0.123 e. The number of ether oxygens (including phenoxy) is 1. The molecule has 1 unspecified atom stereocenters. The summed E-state index contributed by atoms with van der Waals surface area (Å²) in [7, 11) is 0. The van der Waals surface area contributed by atoms with Crippen molar-refractivity contribution in [2.24, 2.45) is 17.6 Å². The van der Waals surface area contributed by atoms with E-state index in [4.69, 9.17) is 10.5 Å². The average Bonchev–Trinajstić information content (AvgIpc) is 2.69. The minimum absolute atomic E-state index is 0.00425. The van der Waals surface area contributed by atoms with Crippen molar-refractivity contribution < 1.29 is 9.13 Å². The van der Waals surface area contributed by atoms with E-state index in [1.165, 1.54) is 17.7 Å². The maximum Gasteiger partial charge on any atom is 0.123 e. The van der Waals surface area contributed by atoms with Gasteiger partial charge in [0.2, 0.25) is 0 Å². The van der Waals surface area contributed by atoms with Gasteiger partial charge in [-0.15, -0.1) is 0 Å². The molecule has 0 amide bonds. The van der Waals surface area contributed by atoms with E-state index in [0.29, 0.717) is 18.2 Å². The molecule has 0 spiro atoms. The van der Waals surface area contributed by atoms with Crippen LogP contribution >= 0.6 is 0 Å². The summed E-state index contributed by atoms with van der Waals surface area (Å²) >= 11 is 0. The van der Waals surface area contributed by atoms with Crippen LogP contribution in [0.4, 0.5) is 4.39 Å². The molecule has 2 nitrogen and oxygen atoms in total. The fourth-order valence-corrected chi connectivity index (χ4v) is 3.09. The summed E-state index contributed by atoms with van der Waals surface area (Å²) in [6.07, 6.45) is 12.7. The zero-order valence-electron chi connectivity index (χ0n) is 11.9. The summed E-state index contributed by atoms with van der Waals surface area (Å²) < 4.78 is 19.2. The van der Waals surface area contributed by atoms with Gasteiger partial charge in [-0.25, -0.2) is 4.39 Å². The summed E-state index contributed by atoms with van der Waals surface area (Å²) in [4.78, 5) is 0. The van der Waals surface area contributed by atoms with Crippen molar-refractivity contribution in [3.63, 3.8) is 0 Å². The molecule has 0 aromatic heterocycles. The third-order valence-corrected chi connectivity index (χ3v) is 4.23. The van der Waals surface area contributed by atoms with Gasteiger partial charge in [0.15, 0.2) is 0 Å². The van der Waals surface area contributed by atoms with Crippen LogP contribution in [0.5, 0.6) is 5.75 Å². The molecule has 3 heteroatoms. The maximum absolute atomic E-state index is 13.0. The Morgan fingerprint density at radius 1 is 1.19 bits per heavy atom. The predicted octanol–water partition coefficient (Wildman–Crippen LogP) is 3.61. The number of halogens is 1. The first kappa shape index (κ1) is 14.1. The van der Waals surface area contributed by atoms with Crippen molar-refractivity contribution in [3.8, 4) is 5.75 Å². The average molecular weight is 285 g/mol. The maximum atomic E-state index is 13.0. The van der Waals surface area contributed by atoms with E-state index in [2.05, 4.69) is 30.4 Å². The summed E-state index contributed by atoms with van der Waals surface area (Å²) in [5.74, 6) is 0.963. The Morgan fingerprint density at radius 2 is 2.00 bits per heavy atom. The molecular weight excluding hydrogens is 265 g/mol. The van der Waals surface area contributed by atoms with Gasteiger partial charge in [0.1, 0.15) is 17.7 Å². The van der Waals surface area contributed by atoms with Crippen LogP contribution in [0.2, 0.25) is 0 Å². The lowest BCUT2D eigenvalue weighted by atomic mass is 9.84. The highest BCUT2D eigenvalue weighted by Crippen LogP contribution is 2.34. The van der Waals surface area contributed by atoms with Gasteiger partial charge in [-0.1, -0.05) is 30.4 Å². The first-order valence-electron chi connectivity index (χ1n) is 7.45. The molecule has 1 aromatic rings. The van der Waals surface area contributed by atoms with Gasteiger partial charge in [-0.3, -0.25) is 0 Å². The van der Waals surface area contributed by atoms with Crippen molar-refractivity contribution >= 4 is 0 Å². The molecule has 0 aliphatic heterocycles. The van der Waals surface area contributed by atoms with Crippen LogP contribution in [0.15, 0.2) is 60.2 Å². The molecule has 3 atom stereocenters. The molecule has 21 heavy (non-hydrogen) atoms. The summed E-state index contributed by atoms with van der Waals surface area (Å²) in [5.41, 5.74) is 7.25. The molecule has 3 rings (SSSR count). The lowest BCUT2D eigenvalue weighted by molar-refractivity contribution is 0.109. The van der Waals surface area contributed by atoms with E-state index in [9.17, 15) is 4.39 Å². The molecule has 0 saturated heterocycles. The third-order valence-electron chi connectivity index (χ3n) is 4.23. The van der Waals surface area contributed by atoms with E-state index < -0.39 is 0 Å². The zero-order chi connectivity index (χ0) is 14.7. The monoisotopic (exact) mass is 285 g/mol. The number of hydrogen-bond acceptors (Lipinski definition) is 2. The van der Waals surface area contributed by atoms with Crippen LogP contribution in [-0.4, -0.2) is 12.6 Å². The molecule has 2 aliphatic rings. The fraction of sp³-hybridized carbons (Fsp3) is 0.333. The van der Waals surface area contributed by atoms with Crippen molar-refractivity contribution in [2.45, 2.75) is 18.9 Å². The minimum atomic E-state index is -0.250. The number of fused-ring (bicyclic) bond motifs is 1. The van der Waals surface area contributed by atoms with Crippen LogP contribution in [0.3, 0.4) is 0 Å². The van der Waals surface area contributed by atoms with E-state index in [1.54, 1.807) is 12.1 Å². The van der Waals surface area contributed by atoms with Crippen LogP contribution in [0.25, 0.3) is 0 Å². The standard InChI is InChI=1S/C18H20FNO/c19-15-8-10-16(11-9-15)21-18-14(12-20)6-3-5-13-4-1-2-7-17(13)18/h1-2,4-5,7-11,14,17-18H,3,6,12,20H2/t14-,17+,18?/m1/s1. The van der Waals surface area contributed by atoms with Gasteiger partial charge in [0, 0.05) is 11.8 Å². The molecular formula is C18H20FNO. The second-order valence-electron chi connectivity index (χ2n) is 5.58. The van der Waals surface area contributed by atoms with Crippen molar-refractivity contribution in [3.05, 3.63) is 66.0 Å². The van der Waals surface area contributed by atoms with Crippen LogP contribution in [0.1, 0.15) is 12.8 Å². The lowest BCUT2D eigenvalue weighted by Gasteiger charge is -2.32. The highest BCUT2D eigenvalue weighted by atomic mass is 19.1. The third kappa shape index (κ3) is 3.08. The molecule has 110 valence electrons. The lowest BCUT2D eigenvalue weighted by Crippen LogP contribution is -2.38. The Balaban J connectivity index is 1.87. The molecule has 2 aliphatic carbocycles. The molecule has 2 N–H and O–H groups in total. The largest absolute Gasteiger partial charge is 0.489 e. The first-order valence-corrected chi connectivity index (χ1v) is 7.45. The Kier molecular flexibility index (Phi) is 4.20. The predicted molar refractivity (Wildman–Crippen MR) is 82.4 cm³/mol. The molecule has 0 radical (unpaired) electrons. The Labute approximate surface area is 124 Å². The van der Waals surface area contributed by atoms with Gasteiger partial charge in [-0.2, -0.15) is 0 Å². The normalized spacial score (nSPS) is 27.7. The van der Waals surface area contributed by atoms with Gasteiger partial charge in [-0.05, 0) is 49.2 Å². The van der Waals surface area contributed by atoms with Gasteiger partial charge < -0.3 is 10.5 Å². The SMILES string of the molecule is NC[C@H]1CCC=C2C=CC=C[C@@H]2C1Oc1ccc(F)cc1. The second kappa shape index (κ2) is 6.27. The first-order chi connectivity index (χ1) is 10.3. The molecule has 1 aromatic carbocycles. The number of rotatable bonds is 3. The van der Waals surface area contributed by atoms with E-state index in [1.807, 2.05) is 0 Å². The Morgan fingerprint density at radius 3 is 2.76 bits per heavy atom. The molecule has 0 bridgehead atoms. The van der Waals surface area contributed by atoms with Gasteiger partial charge in [0.25, 0.3) is 0 Å². The summed E-state index contributed by atoms with van der Waals surface area (Å²) in [6.45, 7) is 0.598. The van der Waals surface area contributed by atoms with E-state index in [0.717, 1.165) is 12.8 Å². The van der Waals surface area contributed by atoms with Gasteiger partial charge >= 0.3 is 0 Å². The van der Waals surface area contributed by atoms with Crippen molar-refractivity contribution in [2.75, 3.05) is 6.54 Å². The number of hydrogen-bond donors (Lipinski definition) is 1. The highest BCUT2D eigenvalue weighted by molar-refractivity contribution is 5.36. The van der Waals surface area contributed by atoms with E-state index >= 15 is 0 Å². The Bertz CT molecular complexity index is 573. The van der Waals surface area contributed by atoms with Crippen LogP contribution in [-0.2, 0) is 0 Å². The summed E-state index contributed by atoms with van der Waals surface area (Å²) in [6, 6.07) is 6.22. The van der Waals surface area contributed by atoms with Crippen LogP contribution < -0.4 is 10.5 Å². The van der Waals surface area contributed by atoms with Crippen molar-refractivity contribution in [1.29, 1.82) is 0 Å². The highest BCUT2D eigenvalue weighted by Gasteiger charge is 2.33. The molecule has 0 fully saturated rings. The minimum Gasteiger partial charge on any atom is -0.489 e. The number of benzene rings is 1. The number of nitrogens with two attached hydrogens (primary N) is 1. The van der Waals surface area contributed by atoms with Crippen molar-refractivity contribution in [1.82, 2.24) is 0 Å². The molecule has 0 saturated carbocycles. The topological polar surface area (TPSA) is 35.2 Å². The Hall–Kier alpha value is -1.87. The van der Waals surface area contributed by atoms with Crippen LogP contribution in [0, 0.1) is 17.7 Å². The fourth-order valence-electron chi connectivity index (χ4n) is 3.09. The number of allylic oxidation sites excluding steroid dienone is 4.